The zero-order chi connectivity index (χ0) is 26.8. The fourth-order valence-corrected chi connectivity index (χ4v) is 5.19. The molecule has 8 nitrogen and oxygen atoms in total. The molecule has 0 spiro atoms. The number of hydrogen-bond donors (Lipinski definition) is 1. The molecule has 0 aromatic heterocycles. The minimum Gasteiger partial charge on any atom is -0.488 e. The lowest BCUT2D eigenvalue weighted by Crippen LogP contribution is -2.36. The SMILES string of the molecule is O=C(O)CCC/C=C\C[C@H]1C(=O)C[C@@H](OC2CCCCO2)[C@@H]1/C=C/C1(COc2ccc(Cl)cc2)OCCO1. The average molecular weight is 549 g/mol. The van der Waals surface area contributed by atoms with Crippen LogP contribution in [0, 0.1) is 11.8 Å². The first kappa shape index (κ1) is 28.8. The third kappa shape index (κ3) is 8.38. The van der Waals surface area contributed by atoms with E-state index in [-0.39, 0.29) is 43.0 Å². The van der Waals surface area contributed by atoms with Crippen molar-refractivity contribution in [2.45, 2.75) is 69.5 Å². The molecule has 2 heterocycles. The van der Waals surface area contributed by atoms with Gasteiger partial charge in [0.1, 0.15) is 18.1 Å². The second-order valence-electron chi connectivity index (χ2n) is 9.93. The molecule has 3 fully saturated rings. The lowest BCUT2D eigenvalue weighted by molar-refractivity contribution is -0.192. The number of benzene rings is 1. The second kappa shape index (κ2) is 14.2. The van der Waals surface area contributed by atoms with E-state index >= 15 is 0 Å². The summed E-state index contributed by atoms with van der Waals surface area (Å²) in [5.41, 5.74) is 0. The zero-order valence-electron chi connectivity index (χ0n) is 21.6. The molecule has 1 N–H and O–H groups in total. The first-order valence-electron chi connectivity index (χ1n) is 13.5. The number of allylic oxidation sites excluding steroid dienone is 2. The zero-order valence-corrected chi connectivity index (χ0v) is 22.4. The van der Waals surface area contributed by atoms with E-state index in [2.05, 4.69) is 0 Å². The molecule has 1 aromatic rings. The maximum absolute atomic E-state index is 13.1. The van der Waals surface area contributed by atoms with Gasteiger partial charge in [-0.3, -0.25) is 9.59 Å². The van der Waals surface area contributed by atoms with E-state index in [0.29, 0.717) is 56.3 Å². The quantitative estimate of drug-likeness (QED) is 0.260. The number of aliphatic carboxylic acids is 1. The molecule has 208 valence electrons. The van der Waals surface area contributed by atoms with Gasteiger partial charge < -0.3 is 28.8 Å². The summed E-state index contributed by atoms with van der Waals surface area (Å²) in [5.74, 6) is -1.50. The average Bonchev–Trinajstić information content (AvgIpc) is 3.49. The molecule has 0 amide bonds. The summed E-state index contributed by atoms with van der Waals surface area (Å²) < 4.78 is 30.0. The number of hydrogen-bond acceptors (Lipinski definition) is 7. The monoisotopic (exact) mass is 548 g/mol. The number of rotatable bonds is 13. The summed E-state index contributed by atoms with van der Waals surface area (Å²) in [5, 5.41) is 9.45. The number of Topliss-reactive ketones (excluding diaryl/α,β-unsaturated/α-hetero) is 1. The Bertz CT molecular complexity index is 963. The summed E-state index contributed by atoms with van der Waals surface area (Å²) in [4.78, 5) is 23.8. The number of ether oxygens (including phenoxy) is 5. The van der Waals surface area contributed by atoms with Crippen molar-refractivity contribution in [3.05, 3.63) is 53.6 Å². The van der Waals surface area contributed by atoms with Crippen LogP contribution in [0.1, 0.15) is 51.4 Å². The number of carbonyl (C=O) groups is 2. The molecule has 38 heavy (non-hydrogen) atoms. The van der Waals surface area contributed by atoms with Gasteiger partial charge in [-0.2, -0.15) is 0 Å². The van der Waals surface area contributed by atoms with Gasteiger partial charge in [-0.25, -0.2) is 0 Å². The third-order valence-electron chi connectivity index (χ3n) is 7.09. The van der Waals surface area contributed by atoms with Gasteiger partial charge in [-0.1, -0.05) is 29.8 Å². The van der Waals surface area contributed by atoms with E-state index in [0.717, 1.165) is 19.3 Å². The van der Waals surface area contributed by atoms with Gasteiger partial charge in [0.2, 0.25) is 5.79 Å². The third-order valence-corrected chi connectivity index (χ3v) is 7.35. The van der Waals surface area contributed by atoms with Crippen molar-refractivity contribution < 1.29 is 38.4 Å². The molecule has 0 radical (unpaired) electrons. The van der Waals surface area contributed by atoms with Crippen LogP contribution in [0.25, 0.3) is 0 Å². The van der Waals surface area contributed by atoms with Crippen molar-refractivity contribution in [1.29, 1.82) is 0 Å². The van der Waals surface area contributed by atoms with Gasteiger partial charge in [0, 0.05) is 36.3 Å². The van der Waals surface area contributed by atoms with Gasteiger partial charge in [0.25, 0.3) is 0 Å². The lowest BCUT2D eigenvalue weighted by Gasteiger charge is -2.29. The maximum atomic E-state index is 13.1. The van der Waals surface area contributed by atoms with Gasteiger partial charge in [-0.05, 0) is 68.9 Å². The van der Waals surface area contributed by atoms with Crippen molar-refractivity contribution in [3.8, 4) is 5.75 Å². The van der Waals surface area contributed by atoms with Crippen molar-refractivity contribution in [3.63, 3.8) is 0 Å². The fourth-order valence-electron chi connectivity index (χ4n) is 5.06. The van der Waals surface area contributed by atoms with E-state index < -0.39 is 11.8 Å². The molecule has 0 bridgehead atoms. The van der Waals surface area contributed by atoms with Crippen LogP contribution in [0.15, 0.2) is 48.6 Å². The molecule has 4 atom stereocenters. The van der Waals surface area contributed by atoms with E-state index in [1.54, 1.807) is 24.3 Å². The first-order valence-corrected chi connectivity index (χ1v) is 13.8. The van der Waals surface area contributed by atoms with Crippen LogP contribution in [0.3, 0.4) is 0 Å². The molecular formula is C29H37ClO8. The number of carbonyl (C=O) groups excluding carboxylic acids is 1. The molecule has 1 unspecified atom stereocenters. The number of unbranched alkanes of at least 4 members (excludes halogenated alkanes) is 1. The molecule has 1 saturated carbocycles. The Kier molecular flexibility index (Phi) is 10.8. The number of halogens is 1. The number of carboxylic acids is 1. The van der Waals surface area contributed by atoms with Gasteiger partial charge in [0.15, 0.2) is 6.29 Å². The normalized spacial score (nSPS) is 27.4. The molecular weight excluding hydrogens is 512 g/mol. The van der Waals surface area contributed by atoms with Crippen molar-refractivity contribution in [2.24, 2.45) is 11.8 Å². The Balaban J connectivity index is 1.45. The van der Waals surface area contributed by atoms with Crippen molar-refractivity contribution in [2.75, 3.05) is 26.4 Å². The fraction of sp³-hybridized carbons (Fsp3) is 0.586. The van der Waals surface area contributed by atoms with Crippen LogP contribution in [-0.2, 0) is 28.5 Å². The van der Waals surface area contributed by atoms with E-state index in [4.69, 9.17) is 40.4 Å². The predicted octanol–water partition coefficient (Wildman–Crippen LogP) is 5.34. The molecule has 1 aliphatic carbocycles. The highest BCUT2D eigenvalue weighted by Gasteiger charge is 2.44. The summed E-state index contributed by atoms with van der Waals surface area (Å²) >= 11 is 5.98. The Hall–Kier alpha value is -2.23. The maximum Gasteiger partial charge on any atom is 0.303 e. The smallest absolute Gasteiger partial charge is 0.303 e. The minimum atomic E-state index is -1.06. The summed E-state index contributed by atoms with van der Waals surface area (Å²) in [6.07, 6.45) is 12.3. The van der Waals surface area contributed by atoms with Gasteiger partial charge in [-0.15, -0.1) is 0 Å². The Morgan fingerprint density at radius 2 is 1.92 bits per heavy atom. The largest absolute Gasteiger partial charge is 0.488 e. The summed E-state index contributed by atoms with van der Waals surface area (Å²) in [7, 11) is 0. The second-order valence-corrected chi connectivity index (χ2v) is 10.4. The van der Waals surface area contributed by atoms with Crippen LogP contribution >= 0.6 is 11.6 Å². The minimum absolute atomic E-state index is 0.134. The number of carboxylic acid groups (broad SMARTS) is 1. The Morgan fingerprint density at radius 1 is 1.13 bits per heavy atom. The molecule has 4 rings (SSSR count). The molecule has 1 aromatic carbocycles. The van der Waals surface area contributed by atoms with Crippen LogP contribution in [0.5, 0.6) is 5.75 Å². The first-order chi connectivity index (χ1) is 18.4. The molecule has 2 aliphatic heterocycles. The highest BCUT2D eigenvalue weighted by molar-refractivity contribution is 6.30. The molecule has 9 heteroatoms. The highest BCUT2D eigenvalue weighted by Crippen LogP contribution is 2.38. The Labute approximate surface area is 228 Å². The van der Waals surface area contributed by atoms with Gasteiger partial charge in [0.05, 0.1) is 19.3 Å². The van der Waals surface area contributed by atoms with Crippen LogP contribution in [0.2, 0.25) is 5.02 Å². The standard InChI is InChI=1S/C29H37ClO8/c30-21-10-12-22(13-11-21)35-20-29(36-17-18-37-29)15-14-24-23(7-3-1-2-4-8-27(32)33)25(31)19-26(24)38-28-9-5-6-16-34-28/h1,3,10-15,23-24,26,28H,2,4-9,16-20H2,(H,32,33)/b3-1-,15-14+/t23-,24-,26-,28?/m1/s1. The van der Waals surface area contributed by atoms with Gasteiger partial charge >= 0.3 is 5.97 Å². The summed E-state index contributed by atoms with van der Waals surface area (Å²) in [6.45, 7) is 1.70. The van der Waals surface area contributed by atoms with E-state index in [1.807, 2.05) is 24.3 Å². The van der Waals surface area contributed by atoms with E-state index in [9.17, 15) is 9.59 Å². The topological polar surface area (TPSA) is 101 Å². The Morgan fingerprint density at radius 3 is 2.63 bits per heavy atom. The van der Waals surface area contributed by atoms with Crippen LogP contribution in [0.4, 0.5) is 0 Å². The lowest BCUT2D eigenvalue weighted by atomic mass is 9.90. The molecule has 2 saturated heterocycles. The van der Waals surface area contributed by atoms with Crippen LogP contribution in [-0.4, -0.2) is 61.5 Å². The highest BCUT2D eigenvalue weighted by atomic mass is 35.5. The van der Waals surface area contributed by atoms with Crippen LogP contribution < -0.4 is 4.74 Å². The molecule has 3 aliphatic rings. The van der Waals surface area contributed by atoms with Crippen molar-refractivity contribution >= 4 is 23.4 Å². The predicted molar refractivity (Wildman–Crippen MR) is 141 cm³/mol. The van der Waals surface area contributed by atoms with Crippen molar-refractivity contribution in [1.82, 2.24) is 0 Å². The van der Waals surface area contributed by atoms with E-state index in [1.165, 1.54) is 0 Å². The number of ketones is 1. The summed E-state index contributed by atoms with van der Waals surface area (Å²) in [6, 6.07) is 7.10.